The summed E-state index contributed by atoms with van der Waals surface area (Å²) in [7, 11) is 0. The molecule has 0 spiro atoms. The van der Waals surface area contributed by atoms with Crippen LogP contribution in [0.25, 0.3) is 21.7 Å². The highest BCUT2D eigenvalue weighted by molar-refractivity contribution is 6.31. The Morgan fingerprint density at radius 3 is 2.83 bits per heavy atom. The van der Waals surface area contributed by atoms with E-state index in [-0.39, 0.29) is 17.5 Å². The number of fused-ring (bicyclic) bond motifs is 3. The Balaban J connectivity index is 1.58. The lowest BCUT2D eigenvalue weighted by molar-refractivity contribution is -0.124. The first-order valence-electron chi connectivity index (χ1n) is 10.2. The molecule has 1 aliphatic heterocycles. The maximum atomic E-state index is 12.6. The number of hydrogen-bond acceptors (Lipinski definition) is 4. The Bertz CT molecular complexity index is 1210. The second-order valence-electron chi connectivity index (χ2n) is 7.81. The molecule has 1 aromatic heterocycles. The van der Waals surface area contributed by atoms with Gasteiger partial charge in [0, 0.05) is 22.2 Å². The predicted octanol–water partition coefficient (Wildman–Crippen LogP) is 3.27. The molecule has 6 nitrogen and oxygen atoms in total. The Hall–Kier alpha value is -2.88. The lowest BCUT2D eigenvalue weighted by atomic mass is 9.96. The lowest BCUT2D eigenvalue weighted by Crippen LogP contribution is -2.47. The lowest BCUT2D eigenvalue weighted by Gasteiger charge is -2.20. The summed E-state index contributed by atoms with van der Waals surface area (Å²) in [6.45, 7) is 2.89. The van der Waals surface area contributed by atoms with Gasteiger partial charge in [0.15, 0.2) is 0 Å². The Kier molecular flexibility index (Phi) is 5.76. The molecule has 1 aliphatic rings. The summed E-state index contributed by atoms with van der Waals surface area (Å²) >= 11 is 6.04. The first-order chi connectivity index (χ1) is 14.5. The quantitative estimate of drug-likeness (QED) is 0.549. The molecule has 2 heterocycles. The Morgan fingerprint density at radius 2 is 2.07 bits per heavy atom. The molecule has 7 heteroatoms. The van der Waals surface area contributed by atoms with Crippen molar-refractivity contribution < 1.29 is 4.79 Å². The Morgan fingerprint density at radius 1 is 1.27 bits per heavy atom. The van der Waals surface area contributed by atoms with Crippen LogP contribution in [0.3, 0.4) is 0 Å². The maximum Gasteiger partial charge on any atom is 0.256 e. The molecule has 1 unspecified atom stereocenters. The normalized spacial score (nSPS) is 19.6. The molecular weight excluding hydrogens is 400 g/mol. The van der Waals surface area contributed by atoms with E-state index in [0.29, 0.717) is 28.3 Å². The maximum absolute atomic E-state index is 12.6. The molecule has 0 radical (unpaired) electrons. The number of carbonyl (C=O) groups excluding carboxylic acids is 1. The highest BCUT2D eigenvalue weighted by Gasteiger charge is 2.32. The highest BCUT2D eigenvalue weighted by Crippen LogP contribution is 2.25. The van der Waals surface area contributed by atoms with Gasteiger partial charge in [-0.1, -0.05) is 43.1 Å². The van der Waals surface area contributed by atoms with Gasteiger partial charge in [-0.2, -0.15) is 5.26 Å². The molecule has 0 aliphatic carbocycles. The number of H-pyrrole nitrogens is 1. The molecule has 1 saturated heterocycles. The van der Waals surface area contributed by atoms with Crippen molar-refractivity contribution in [2.75, 3.05) is 6.54 Å². The summed E-state index contributed by atoms with van der Waals surface area (Å²) in [5.41, 5.74) is 1.30. The summed E-state index contributed by atoms with van der Waals surface area (Å²) in [6.07, 6.45) is 2.23. The number of amides is 1. The third-order valence-electron chi connectivity index (χ3n) is 5.92. The van der Waals surface area contributed by atoms with Gasteiger partial charge < -0.3 is 15.6 Å². The minimum absolute atomic E-state index is 0.132. The zero-order valence-electron chi connectivity index (χ0n) is 16.7. The van der Waals surface area contributed by atoms with Crippen LogP contribution < -0.4 is 16.2 Å². The number of pyridine rings is 1. The van der Waals surface area contributed by atoms with Crippen LogP contribution >= 0.6 is 11.6 Å². The number of aromatic amines is 1. The average Bonchev–Trinajstić information content (AvgIpc) is 3.22. The molecule has 3 N–H and O–H groups in total. The zero-order valence-corrected chi connectivity index (χ0v) is 17.4. The van der Waals surface area contributed by atoms with Gasteiger partial charge in [0.1, 0.15) is 6.04 Å². The van der Waals surface area contributed by atoms with Crippen molar-refractivity contribution in [2.24, 2.45) is 5.92 Å². The third kappa shape index (κ3) is 3.91. The van der Waals surface area contributed by atoms with E-state index in [9.17, 15) is 14.9 Å². The molecule has 0 bridgehead atoms. The fourth-order valence-electron chi connectivity index (χ4n) is 4.32. The van der Waals surface area contributed by atoms with Crippen molar-refractivity contribution in [3.63, 3.8) is 0 Å². The third-order valence-corrected chi connectivity index (χ3v) is 6.15. The van der Waals surface area contributed by atoms with E-state index in [2.05, 4.69) is 28.6 Å². The van der Waals surface area contributed by atoms with Gasteiger partial charge in [-0.05, 0) is 48.0 Å². The predicted molar refractivity (Wildman–Crippen MR) is 119 cm³/mol. The van der Waals surface area contributed by atoms with Crippen LogP contribution in [0.4, 0.5) is 0 Å². The van der Waals surface area contributed by atoms with Crippen LogP contribution in [0.1, 0.15) is 25.3 Å². The number of hydrogen-bond donors (Lipinski definition) is 3. The first kappa shape index (κ1) is 20.4. The van der Waals surface area contributed by atoms with E-state index in [1.165, 1.54) is 0 Å². The summed E-state index contributed by atoms with van der Waals surface area (Å²) in [5.74, 6) is 0.165. The van der Waals surface area contributed by atoms with Crippen LogP contribution in [-0.4, -0.2) is 29.5 Å². The molecule has 154 valence electrons. The van der Waals surface area contributed by atoms with Gasteiger partial charge in [-0.3, -0.25) is 9.59 Å². The molecule has 2 aromatic carbocycles. The van der Waals surface area contributed by atoms with Crippen molar-refractivity contribution in [3.8, 4) is 6.07 Å². The topological polar surface area (TPSA) is 97.8 Å². The van der Waals surface area contributed by atoms with Crippen molar-refractivity contribution in [1.82, 2.24) is 15.6 Å². The van der Waals surface area contributed by atoms with Gasteiger partial charge in [-0.25, -0.2) is 0 Å². The number of aromatic nitrogens is 1. The van der Waals surface area contributed by atoms with E-state index >= 15 is 0 Å². The van der Waals surface area contributed by atoms with Crippen LogP contribution in [0, 0.1) is 17.2 Å². The minimum Gasteiger partial charge on any atom is -0.339 e. The number of nitriles is 1. The second-order valence-corrected chi connectivity index (χ2v) is 8.24. The largest absolute Gasteiger partial charge is 0.339 e. The first-order valence-corrected chi connectivity index (χ1v) is 10.6. The SMILES string of the molecule is CC[C@H]1CCN[C@@H]1C(=O)NC(C#N)Cc1ccc2c(c1)c(=O)[nH]c1cc(Cl)ccc12. The van der Waals surface area contributed by atoms with Gasteiger partial charge >= 0.3 is 0 Å². The van der Waals surface area contributed by atoms with Crippen LogP contribution in [0.15, 0.2) is 41.2 Å². The molecule has 0 saturated carbocycles. The molecule has 1 fully saturated rings. The zero-order chi connectivity index (χ0) is 21.3. The average molecular weight is 423 g/mol. The number of halogens is 1. The Labute approximate surface area is 179 Å². The fourth-order valence-corrected chi connectivity index (χ4v) is 4.49. The van der Waals surface area contributed by atoms with Crippen molar-refractivity contribution >= 4 is 39.2 Å². The van der Waals surface area contributed by atoms with Crippen LogP contribution in [0.5, 0.6) is 0 Å². The monoisotopic (exact) mass is 422 g/mol. The standard InChI is InChI=1S/C23H23ClN4O2/c1-2-14-7-8-26-21(14)23(30)27-16(12-25)9-13-3-5-17-18-6-4-15(24)11-20(18)28-22(29)19(17)10-13/h3-6,10-11,14,16,21,26H,2,7-9H2,1H3,(H,27,30)(H,28,29)/t14-,16?,21-/m0/s1. The number of benzene rings is 2. The van der Waals surface area contributed by atoms with E-state index in [0.717, 1.165) is 35.7 Å². The number of nitrogens with zero attached hydrogens (tertiary/aromatic N) is 1. The highest BCUT2D eigenvalue weighted by atomic mass is 35.5. The van der Waals surface area contributed by atoms with Gasteiger partial charge in [0.05, 0.1) is 17.6 Å². The van der Waals surface area contributed by atoms with E-state index in [1.807, 2.05) is 18.2 Å². The van der Waals surface area contributed by atoms with Gasteiger partial charge in [-0.15, -0.1) is 0 Å². The second kappa shape index (κ2) is 8.47. The van der Waals surface area contributed by atoms with E-state index < -0.39 is 6.04 Å². The van der Waals surface area contributed by atoms with Crippen molar-refractivity contribution in [3.05, 3.63) is 57.3 Å². The van der Waals surface area contributed by atoms with Crippen LogP contribution in [-0.2, 0) is 11.2 Å². The summed E-state index contributed by atoms with van der Waals surface area (Å²) < 4.78 is 0. The summed E-state index contributed by atoms with van der Waals surface area (Å²) in [4.78, 5) is 28.1. The molecular formula is C23H23ClN4O2. The number of carbonyl (C=O) groups is 1. The molecule has 30 heavy (non-hydrogen) atoms. The van der Waals surface area contributed by atoms with E-state index in [4.69, 9.17) is 11.6 Å². The minimum atomic E-state index is -0.659. The fraction of sp³-hybridized carbons (Fsp3) is 0.348. The molecule has 4 rings (SSSR count). The van der Waals surface area contributed by atoms with Crippen molar-refractivity contribution in [1.29, 1.82) is 5.26 Å². The molecule has 3 atom stereocenters. The van der Waals surface area contributed by atoms with Gasteiger partial charge in [0.2, 0.25) is 5.91 Å². The number of nitrogens with one attached hydrogen (secondary N) is 3. The molecule has 3 aromatic rings. The van der Waals surface area contributed by atoms with Crippen LogP contribution in [0.2, 0.25) is 5.02 Å². The van der Waals surface area contributed by atoms with Gasteiger partial charge in [0.25, 0.3) is 5.56 Å². The summed E-state index contributed by atoms with van der Waals surface area (Å²) in [6, 6.07) is 12.2. The number of rotatable bonds is 5. The molecule has 1 amide bonds. The summed E-state index contributed by atoms with van der Waals surface area (Å²) in [5, 5.41) is 18.5. The smallest absolute Gasteiger partial charge is 0.256 e. The van der Waals surface area contributed by atoms with Crippen molar-refractivity contribution in [2.45, 2.75) is 38.3 Å². The van der Waals surface area contributed by atoms with E-state index in [1.54, 1.807) is 18.2 Å².